The maximum Gasteiger partial charge on any atom is 0.270 e. The van der Waals surface area contributed by atoms with Crippen LogP contribution in [0, 0.1) is 5.92 Å². The Morgan fingerprint density at radius 2 is 1.66 bits per heavy atom. The summed E-state index contributed by atoms with van der Waals surface area (Å²) in [7, 11) is 0. The molecule has 3 fully saturated rings. The van der Waals surface area contributed by atoms with Gasteiger partial charge in [-0.2, -0.15) is 0 Å². The summed E-state index contributed by atoms with van der Waals surface area (Å²) in [6, 6.07) is 4.88. The predicted molar refractivity (Wildman–Crippen MR) is 129 cm³/mol. The molecule has 174 valence electrons. The highest BCUT2D eigenvalue weighted by molar-refractivity contribution is 7.17. The molecule has 7 heteroatoms. The number of carbonyl (C=O) groups is 2. The van der Waals surface area contributed by atoms with Crippen molar-refractivity contribution in [2.75, 3.05) is 39.3 Å². The summed E-state index contributed by atoms with van der Waals surface area (Å²) in [5.74, 6) is 0.502. The number of thiophene rings is 1. The van der Waals surface area contributed by atoms with Crippen molar-refractivity contribution in [3.05, 3.63) is 23.2 Å². The first kappa shape index (κ1) is 22.0. The quantitative estimate of drug-likeness (QED) is 0.697. The smallest absolute Gasteiger partial charge is 0.270 e. The van der Waals surface area contributed by atoms with Crippen LogP contribution in [0.25, 0.3) is 10.2 Å². The molecule has 2 aromatic rings. The van der Waals surface area contributed by atoms with Gasteiger partial charge in [-0.25, -0.2) is 0 Å². The molecule has 1 saturated carbocycles. The van der Waals surface area contributed by atoms with Crippen LogP contribution in [0.4, 0.5) is 0 Å². The Hall–Kier alpha value is -1.86. The minimum absolute atomic E-state index is 0.0711. The molecule has 0 spiro atoms. The zero-order chi connectivity index (χ0) is 22.1. The van der Waals surface area contributed by atoms with E-state index in [1.165, 1.54) is 36.8 Å². The van der Waals surface area contributed by atoms with Crippen LogP contribution < -0.4 is 0 Å². The van der Waals surface area contributed by atoms with Crippen molar-refractivity contribution < 1.29 is 9.59 Å². The van der Waals surface area contributed by atoms with Crippen molar-refractivity contribution in [3.63, 3.8) is 0 Å². The van der Waals surface area contributed by atoms with Gasteiger partial charge in [-0.05, 0) is 50.1 Å². The molecule has 0 unspecified atom stereocenters. The Morgan fingerprint density at radius 3 is 2.34 bits per heavy atom. The SMILES string of the molecule is CCn1c(C(=O)N2CCC(C(=O)N3CCN(C4CCCCC4)CC3)CC2)cc2sccc21. The molecule has 0 N–H and O–H groups in total. The molecule has 4 heterocycles. The number of piperidine rings is 1. The van der Waals surface area contributed by atoms with Crippen LogP contribution in [0.15, 0.2) is 17.5 Å². The van der Waals surface area contributed by atoms with Crippen molar-refractivity contribution in [3.8, 4) is 0 Å². The largest absolute Gasteiger partial charge is 0.340 e. The number of fused-ring (bicyclic) bond motifs is 1. The average Bonchev–Trinajstić information content (AvgIpc) is 3.45. The van der Waals surface area contributed by atoms with Crippen LogP contribution in [0.1, 0.15) is 62.4 Å². The minimum Gasteiger partial charge on any atom is -0.340 e. The van der Waals surface area contributed by atoms with E-state index in [-0.39, 0.29) is 11.8 Å². The maximum atomic E-state index is 13.2. The Bertz CT molecular complexity index is 944. The molecular formula is C25H36N4O2S. The third-order valence-corrected chi connectivity index (χ3v) is 8.76. The van der Waals surface area contributed by atoms with E-state index in [4.69, 9.17) is 0 Å². The fourth-order valence-electron chi connectivity index (χ4n) is 6.00. The summed E-state index contributed by atoms with van der Waals surface area (Å²) in [5.41, 5.74) is 1.94. The Morgan fingerprint density at radius 1 is 0.938 bits per heavy atom. The van der Waals surface area contributed by atoms with E-state index in [0.717, 1.165) is 62.8 Å². The fourth-order valence-corrected chi connectivity index (χ4v) is 6.82. The van der Waals surface area contributed by atoms with Gasteiger partial charge in [0.1, 0.15) is 5.69 Å². The summed E-state index contributed by atoms with van der Waals surface area (Å²) in [6.45, 7) is 8.04. The monoisotopic (exact) mass is 456 g/mol. The Labute approximate surface area is 195 Å². The number of aromatic nitrogens is 1. The van der Waals surface area contributed by atoms with Crippen molar-refractivity contribution in [2.45, 2.75) is 64.5 Å². The van der Waals surface area contributed by atoms with E-state index >= 15 is 0 Å². The topological polar surface area (TPSA) is 48.8 Å². The van der Waals surface area contributed by atoms with Crippen molar-refractivity contribution in [2.24, 2.45) is 5.92 Å². The van der Waals surface area contributed by atoms with Gasteiger partial charge in [0.05, 0.1) is 10.2 Å². The molecule has 0 radical (unpaired) electrons. The third-order valence-electron chi connectivity index (χ3n) is 7.91. The lowest BCUT2D eigenvalue weighted by molar-refractivity contribution is -0.139. The van der Waals surface area contributed by atoms with Crippen molar-refractivity contribution in [1.82, 2.24) is 19.3 Å². The Balaban J connectivity index is 1.14. The first-order valence-electron chi connectivity index (χ1n) is 12.5. The molecule has 3 aliphatic rings. The standard InChI is InChI=1S/C25H36N4O2S/c1-2-29-21-10-17-32-23(21)18-22(29)25(31)27-11-8-19(9-12-27)24(30)28-15-13-26(14-16-28)20-6-4-3-5-7-20/h10,17-20H,2-9,11-16H2,1H3. The fraction of sp³-hybridized carbons (Fsp3) is 0.680. The first-order valence-corrected chi connectivity index (χ1v) is 13.4. The highest BCUT2D eigenvalue weighted by Crippen LogP contribution is 2.28. The van der Waals surface area contributed by atoms with E-state index in [9.17, 15) is 9.59 Å². The molecule has 5 rings (SSSR count). The van der Waals surface area contributed by atoms with Gasteiger partial charge in [0.2, 0.25) is 5.91 Å². The highest BCUT2D eigenvalue weighted by Gasteiger charge is 2.34. The molecule has 2 aliphatic heterocycles. The lowest BCUT2D eigenvalue weighted by Gasteiger charge is -2.42. The van der Waals surface area contributed by atoms with Gasteiger partial charge in [-0.15, -0.1) is 11.3 Å². The van der Waals surface area contributed by atoms with E-state index in [0.29, 0.717) is 19.0 Å². The minimum atomic E-state index is 0.0711. The predicted octanol–water partition coefficient (Wildman–Crippen LogP) is 4.05. The molecular weight excluding hydrogens is 420 g/mol. The number of nitrogens with zero attached hydrogens (tertiary/aromatic N) is 4. The number of likely N-dealkylation sites (tertiary alicyclic amines) is 1. The molecule has 2 aromatic heterocycles. The average molecular weight is 457 g/mol. The molecule has 6 nitrogen and oxygen atoms in total. The number of carbonyl (C=O) groups excluding carboxylic acids is 2. The molecule has 1 aliphatic carbocycles. The molecule has 0 bridgehead atoms. The summed E-state index contributed by atoms with van der Waals surface area (Å²) in [6.07, 6.45) is 8.35. The second-order valence-electron chi connectivity index (χ2n) is 9.66. The van der Waals surface area contributed by atoms with Gasteiger partial charge in [-0.1, -0.05) is 19.3 Å². The van der Waals surface area contributed by atoms with Gasteiger partial charge in [0.25, 0.3) is 5.91 Å². The van der Waals surface area contributed by atoms with Gasteiger partial charge in [0.15, 0.2) is 0 Å². The van der Waals surface area contributed by atoms with E-state index in [1.807, 2.05) is 11.0 Å². The van der Waals surface area contributed by atoms with Crippen molar-refractivity contribution >= 4 is 33.4 Å². The van der Waals surface area contributed by atoms with Crippen LogP contribution in [-0.2, 0) is 11.3 Å². The number of piperazine rings is 1. The summed E-state index contributed by atoms with van der Waals surface area (Å²) in [4.78, 5) is 33.1. The molecule has 0 aromatic carbocycles. The lowest BCUT2D eigenvalue weighted by atomic mass is 9.93. The number of amides is 2. The third kappa shape index (κ3) is 4.21. The zero-order valence-electron chi connectivity index (χ0n) is 19.3. The van der Waals surface area contributed by atoms with Crippen LogP contribution >= 0.6 is 11.3 Å². The number of hydrogen-bond donors (Lipinski definition) is 0. The molecule has 0 atom stereocenters. The van der Waals surface area contributed by atoms with E-state index in [2.05, 4.69) is 32.7 Å². The second-order valence-corrected chi connectivity index (χ2v) is 10.6. The zero-order valence-corrected chi connectivity index (χ0v) is 20.1. The first-order chi connectivity index (χ1) is 15.7. The van der Waals surface area contributed by atoms with E-state index in [1.54, 1.807) is 11.3 Å². The number of aryl methyl sites for hydroxylation is 1. The second kappa shape index (κ2) is 9.56. The van der Waals surface area contributed by atoms with Crippen LogP contribution in [0.3, 0.4) is 0 Å². The van der Waals surface area contributed by atoms with Crippen LogP contribution in [0.5, 0.6) is 0 Å². The summed E-state index contributed by atoms with van der Waals surface area (Å²) >= 11 is 1.69. The van der Waals surface area contributed by atoms with Crippen molar-refractivity contribution in [1.29, 1.82) is 0 Å². The van der Waals surface area contributed by atoms with Gasteiger partial charge < -0.3 is 14.4 Å². The van der Waals surface area contributed by atoms with Crippen LogP contribution in [-0.4, -0.2) is 76.4 Å². The number of hydrogen-bond acceptors (Lipinski definition) is 4. The lowest BCUT2D eigenvalue weighted by Crippen LogP contribution is -2.54. The normalized spacial score (nSPS) is 22.0. The maximum absolute atomic E-state index is 13.2. The van der Waals surface area contributed by atoms with Gasteiger partial charge >= 0.3 is 0 Å². The highest BCUT2D eigenvalue weighted by atomic mass is 32.1. The Kier molecular flexibility index (Phi) is 6.56. The summed E-state index contributed by atoms with van der Waals surface area (Å²) in [5, 5.41) is 2.08. The molecule has 2 amide bonds. The van der Waals surface area contributed by atoms with Gasteiger partial charge in [-0.3, -0.25) is 14.5 Å². The summed E-state index contributed by atoms with van der Waals surface area (Å²) < 4.78 is 3.30. The number of rotatable bonds is 4. The molecule has 32 heavy (non-hydrogen) atoms. The molecule has 2 saturated heterocycles. The van der Waals surface area contributed by atoms with Crippen LogP contribution in [0.2, 0.25) is 0 Å². The van der Waals surface area contributed by atoms with Gasteiger partial charge in [0, 0.05) is 57.8 Å². The van der Waals surface area contributed by atoms with E-state index < -0.39 is 0 Å².